The molecule has 2 rings (SSSR count). The van der Waals surface area contributed by atoms with Crippen LogP contribution in [0.5, 0.6) is 5.75 Å². The van der Waals surface area contributed by atoms with E-state index in [1.54, 1.807) is 6.92 Å². The van der Waals surface area contributed by atoms with Crippen LogP contribution < -0.4 is 4.74 Å². The zero-order chi connectivity index (χ0) is 13.7. The molecule has 1 aromatic carbocycles. The summed E-state index contributed by atoms with van der Waals surface area (Å²) in [5.41, 5.74) is 0. The number of hydrogen-bond acceptors (Lipinski definition) is 3. The van der Waals surface area contributed by atoms with Gasteiger partial charge in [0.15, 0.2) is 0 Å². The van der Waals surface area contributed by atoms with E-state index in [2.05, 4.69) is 0 Å². The van der Waals surface area contributed by atoms with Gasteiger partial charge >= 0.3 is 5.97 Å². The minimum atomic E-state index is -0.737. The number of likely N-dealkylation sites (tertiary alicyclic amines) is 1. The van der Waals surface area contributed by atoms with Crippen molar-refractivity contribution in [2.45, 2.75) is 25.8 Å². The Bertz CT molecular complexity index is 399. The van der Waals surface area contributed by atoms with E-state index in [0.29, 0.717) is 5.92 Å². The molecule has 0 radical (unpaired) electrons. The Kier molecular flexibility index (Phi) is 4.80. The molecule has 0 unspecified atom stereocenters. The number of ether oxygens (including phenoxy) is 1. The molecule has 0 aromatic heterocycles. The van der Waals surface area contributed by atoms with Crippen LogP contribution in [0.25, 0.3) is 0 Å². The average molecular weight is 263 g/mol. The Morgan fingerprint density at radius 3 is 2.58 bits per heavy atom. The minimum Gasteiger partial charge on any atom is -0.493 e. The SMILES string of the molecule is C[C@H](C(=O)O)N1CCC(COc2ccccc2)CC1. The van der Waals surface area contributed by atoms with Crippen molar-refractivity contribution in [2.75, 3.05) is 19.7 Å². The Morgan fingerprint density at radius 1 is 1.37 bits per heavy atom. The second-order valence-corrected chi connectivity index (χ2v) is 5.12. The van der Waals surface area contributed by atoms with Crippen molar-refractivity contribution in [1.29, 1.82) is 0 Å². The second kappa shape index (κ2) is 6.57. The molecule has 1 aliphatic heterocycles. The van der Waals surface area contributed by atoms with Gasteiger partial charge in [-0.15, -0.1) is 0 Å². The van der Waals surface area contributed by atoms with E-state index in [9.17, 15) is 4.79 Å². The molecule has 1 N–H and O–H groups in total. The van der Waals surface area contributed by atoms with Crippen LogP contribution >= 0.6 is 0 Å². The fourth-order valence-corrected chi connectivity index (χ4v) is 2.39. The summed E-state index contributed by atoms with van der Waals surface area (Å²) in [6.45, 7) is 4.16. The first kappa shape index (κ1) is 13.9. The minimum absolute atomic E-state index is 0.379. The Labute approximate surface area is 114 Å². The van der Waals surface area contributed by atoms with Crippen LogP contribution in [0.1, 0.15) is 19.8 Å². The van der Waals surface area contributed by atoms with Gasteiger partial charge in [0, 0.05) is 0 Å². The predicted octanol–water partition coefficient (Wildman–Crippen LogP) is 2.25. The van der Waals surface area contributed by atoms with Crippen LogP contribution in [0.4, 0.5) is 0 Å². The molecule has 0 bridgehead atoms. The lowest BCUT2D eigenvalue weighted by atomic mass is 9.97. The first-order valence-corrected chi connectivity index (χ1v) is 6.81. The van der Waals surface area contributed by atoms with Crippen molar-refractivity contribution in [2.24, 2.45) is 5.92 Å². The third-order valence-corrected chi connectivity index (χ3v) is 3.78. The number of benzene rings is 1. The maximum atomic E-state index is 10.9. The number of nitrogens with zero attached hydrogens (tertiary/aromatic N) is 1. The Morgan fingerprint density at radius 2 is 2.00 bits per heavy atom. The zero-order valence-electron chi connectivity index (χ0n) is 11.3. The fourth-order valence-electron chi connectivity index (χ4n) is 2.39. The molecule has 1 heterocycles. The van der Waals surface area contributed by atoms with E-state index in [4.69, 9.17) is 9.84 Å². The summed E-state index contributed by atoms with van der Waals surface area (Å²) in [5.74, 6) is 0.695. The normalized spacial score (nSPS) is 19.0. The third kappa shape index (κ3) is 3.96. The summed E-state index contributed by atoms with van der Waals surface area (Å²) in [5, 5.41) is 8.99. The number of hydrogen-bond donors (Lipinski definition) is 1. The molecule has 1 aliphatic rings. The van der Waals surface area contributed by atoms with Crippen LogP contribution in [-0.2, 0) is 4.79 Å². The number of carboxylic acid groups (broad SMARTS) is 1. The molecule has 1 aromatic rings. The second-order valence-electron chi connectivity index (χ2n) is 5.12. The largest absolute Gasteiger partial charge is 0.493 e. The van der Waals surface area contributed by atoms with E-state index in [1.807, 2.05) is 35.2 Å². The summed E-state index contributed by atoms with van der Waals surface area (Å²) in [6.07, 6.45) is 2.01. The maximum Gasteiger partial charge on any atom is 0.320 e. The van der Waals surface area contributed by atoms with Gasteiger partial charge in [-0.2, -0.15) is 0 Å². The number of piperidine rings is 1. The number of aliphatic carboxylic acids is 1. The molecule has 104 valence electrons. The molecule has 0 aliphatic carbocycles. The van der Waals surface area contributed by atoms with Crippen LogP contribution in [0.3, 0.4) is 0 Å². The quantitative estimate of drug-likeness (QED) is 0.885. The van der Waals surface area contributed by atoms with Crippen molar-refractivity contribution in [3.8, 4) is 5.75 Å². The first-order chi connectivity index (χ1) is 9.16. The first-order valence-electron chi connectivity index (χ1n) is 6.81. The molecule has 4 nitrogen and oxygen atoms in total. The average Bonchev–Trinajstić information content (AvgIpc) is 2.46. The molecular weight excluding hydrogens is 242 g/mol. The molecule has 1 atom stereocenters. The van der Waals surface area contributed by atoms with Crippen molar-refractivity contribution in [3.05, 3.63) is 30.3 Å². The smallest absolute Gasteiger partial charge is 0.320 e. The monoisotopic (exact) mass is 263 g/mol. The van der Waals surface area contributed by atoms with Gasteiger partial charge < -0.3 is 9.84 Å². The summed E-state index contributed by atoms with van der Waals surface area (Å²) < 4.78 is 5.75. The van der Waals surface area contributed by atoms with E-state index < -0.39 is 5.97 Å². The van der Waals surface area contributed by atoms with E-state index >= 15 is 0 Å². The molecular formula is C15H21NO3. The predicted molar refractivity (Wildman–Crippen MR) is 73.3 cm³/mol. The van der Waals surface area contributed by atoms with Crippen molar-refractivity contribution < 1.29 is 14.6 Å². The highest BCUT2D eigenvalue weighted by Gasteiger charge is 2.26. The van der Waals surface area contributed by atoms with E-state index in [-0.39, 0.29) is 6.04 Å². The molecule has 19 heavy (non-hydrogen) atoms. The van der Waals surface area contributed by atoms with Gasteiger partial charge in [-0.25, -0.2) is 0 Å². The van der Waals surface area contributed by atoms with Gasteiger partial charge in [-0.05, 0) is 50.9 Å². The number of carboxylic acids is 1. The topological polar surface area (TPSA) is 49.8 Å². The lowest BCUT2D eigenvalue weighted by Crippen LogP contribution is -2.44. The Balaban J connectivity index is 1.73. The lowest BCUT2D eigenvalue weighted by Gasteiger charge is -2.34. The van der Waals surface area contributed by atoms with Crippen LogP contribution in [-0.4, -0.2) is 41.7 Å². The van der Waals surface area contributed by atoms with E-state index in [1.165, 1.54) is 0 Å². The van der Waals surface area contributed by atoms with Gasteiger partial charge in [0.05, 0.1) is 6.61 Å². The van der Waals surface area contributed by atoms with Gasteiger partial charge in [-0.3, -0.25) is 9.69 Å². The van der Waals surface area contributed by atoms with Crippen LogP contribution in [0.2, 0.25) is 0 Å². The van der Waals surface area contributed by atoms with Crippen molar-refractivity contribution in [3.63, 3.8) is 0 Å². The van der Waals surface area contributed by atoms with Crippen LogP contribution in [0, 0.1) is 5.92 Å². The molecule has 0 spiro atoms. The van der Waals surface area contributed by atoms with E-state index in [0.717, 1.165) is 38.3 Å². The summed E-state index contributed by atoms with van der Waals surface area (Å²) in [4.78, 5) is 13.0. The molecule has 4 heteroatoms. The van der Waals surface area contributed by atoms with Gasteiger partial charge in [-0.1, -0.05) is 18.2 Å². The van der Waals surface area contributed by atoms with Gasteiger partial charge in [0.25, 0.3) is 0 Å². The summed E-state index contributed by atoms with van der Waals surface area (Å²) >= 11 is 0. The highest BCUT2D eigenvalue weighted by molar-refractivity contribution is 5.72. The number of para-hydroxylation sites is 1. The molecule has 1 fully saturated rings. The number of rotatable bonds is 5. The highest BCUT2D eigenvalue weighted by atomic mass is 16.5. The maximum absolute atomic E-state index is 10.9. The van der Waals surface area contributed by atoms with Crippen molar-refractivity contribution >= 4 is 5.97 Å². The Hall–Kier alpha value is -1.55. The molecule has 1 saturated heterocycles. The van der Waals surface area contributed by atoms with Crippen molar-refractivity contribution in [1.82, 2.24) is 4.90 Å². The summed E-state index contributed by atoms with van der Waals surface area (Å²) in [6, 6.07) is 9.44. The highest BCUT2D eigenvalue weighted by Crippen LogP contribution is 2.20. The zero-order valence-corrected chi connectivity index (χ0v) is 11.3. The standard InChI is InChI=1S/C15H21NO3/c1-12(15(17)18)16-9-7-13(8-10-16)11-19-14-5-3-2-4-6-14/h2-6,12-13H,7-11H2,1H3,(H,17,18)/t12-/m1/s1. The fraction of sp³-hybridized carbons (Fsp3) is 0.533. The lowest BCUT2D eigenvalue weighted by molar-refractivity contribution is -0.143. The third-order valence-electron chi connectivity index (χ3n) is 3.78. The molecule has 0 saturated carbocycles. The summed E-state index contributed by atoms with van der Waals surface area (Å²) in [7, 11) is 0. The molecule has 0 amide bonds. The van der Waals surface area contributed by atoms with Gasteiger partial charge in [0.1, 0.15) is 11.8 Å². The van der Waals surface area contributed by atoms with Gasteiger partial charge in [0.2, 0.25) is 0 Å². The van der Waals surface area contributed by atoms with Crippen LogP contribution in [0.15, 0.2) is 30.3 Å². The number of carbonyl (C=O) groups is 1.